The molecule has 3 nitrogen and oxygen atoms in total. The van der Waals surface area contributed by atoms with Gasteiger partial charge in [-0.1, -0.05) is 33.6 Å². The molecule has 0 aromatic heterocycles. The maximum atomic E-state index is 12.5. The third kappa shape index (κ3) is 2.78. The van der Waals surface area contributed by atoms with Crippen LogP contribution in [0.4, 0.5) is 0 Å². The molecule has 18 heavy (non-hydrogen) atoms. The molecule has 100 valence electrons. The van der Waals surface area contributed by atoms with Crippen LogP contribution in [0.15, 0.2) is 23.1 Å². The Morgan fingerprint density at radius 3 is 2.39 bits per heavy atom. The van der Waals surface area contributed by atoms with Gasteiger partial charge in [0, 0.05) is 17.9 Å². The molecule has 1 fully saturated rings. The predicted molar refractivity (Wildman–Crippen MR) is 76.6 cm³/mol. The zero-order valence-electron chi connectivity index (χ0n) is 10.7. The lowest BCUT2D eigenvalue weighted by Crippen LogP contribution is -2.38. The summed E-state index contributed by atoms with van der Waals surface area (Å²) in [5.41, 5.74) is 1.92. The van der Waals surface area contributed by atoms with Gasteiger partial charge < -0.3 is 0 Å². The highest BCUT2D eigenvalue weighted by Crippen LogP contribution is 2.26. The van der Waals surface area contributed by atoms with Crippen LogP contribution in [0.25, 0.3) is 0 Å². The number of piperidine rings is 1. The SMILES string of the molecule is Cc1ccc(S(=O)(=O)N2CCC(Br)CC2)c(C)c1. The molecule has 2 rings (SSSR count). The average molecular weight is 332 g/mol. The topological polar surface area (TPSA) is 37.4 Å². The molecule has 5 heteroatoms. The minimum Gasteiger partial charge on any atom is -0.207 e. The smallest absolute Gasteiger partial charge is 0.207 e. The van der Waals surface area contributed by atoms with Crippen molar-refractivity contribution in [1.29, 1.82) is 0 Å². The summed E-state index contributed by atoms with van der Waals surface area (Å²) in [4.78, 5) is 0.893. The van der Waals surface area contributed by atoms with Gasteiger partial charge in [0.25, 0.3) is 0 Å². The van der Waals surface area contributed by atoms with Crippen LogP contribution in [-0.4, -0.2) is 30.6 Å². The number of nitrogens with zero attached hydrogens (tertiary/aromatic N) is 1. The predicted octanol–water partition coefficient (Wildman–Crippen LogP) is 2.85. The Morgan fingerprint density at radius 1 is 1.22 bits per heavy atom. The van der Waals surface area contributed by atoms with Crippen molar-refractivity contribution in [1.82, 2.24) is 4.31 Å². The molecule has 0 N–H and O–H groups in total. The number of rotatable bonds is 2. The lowest BCUT2D eigenvalue weighted by atomic mass is 10.2. The van der Waals surface area contributed by atoms with E-state index in [9.17, 15) is 8.42 Å². The zero-order chi connectivity index (χ0) is 13.3. The fraction of sp³-hybridized carbons (Fsp3) is 0.538. The molecule has 0 aliphatic carbocycles. The van der Waals surface area contributed by atoms with Crippen LogP contribution in [0.2, 0.25) is 0 Å². The Labute approximate surface area is 117 Å². The molecule has 0 spiro atoms. The summed E-state index contributed by atoms with van der Waals surface area (Å²) >= 11 is 3.54. The molecule has 1 aromatic rings. The Kier molecular flexibility index (Phi) is 4.14. The number of benzene rings is 1. The van der Waals surface area contributed by atoms with Crippen molar-refractivity contribution in [3.05, 3.63) is 29.3 Å². The summed E-state index contributed by atoms with van der Waals surface area (Å²) in [5, 5.41) is 0. The van der Waals surface area contributed by atoms with E-state index in [2.05, 4.69) is 15.9 Å². The normalized spacial score (nSPS) is 19.1. The van der Waals surface area contributed by atoms with Crippen molar-refractivity contribution >= 4 is 26.0 Å². The first-order valence-corrected chi connectivity index (χ1v) is 8.48. The molecular formula is C13H18BrNO2S. The van der Waals surface area contributed by atoms with Gasteiger partial charge in [-0.25, -0.2) is 8.42 Å². The van der Waals surface area contributed by atoms with Gasteiger partial charge in [0.1, 0.15) is 0 Å². The number of alkyl halides is 1. The summed E-state index contributed by atoms with van der Waals surface area (Å²) < 4.78 is 26.7. The van der Waals surface area contributed by atoms with Crippen LogP contribution in [0.1, 0.15) is 24.0 Å². The highest BCUT2D eigenvalue weighted by atomic mass is 79.9. The van der Waals surface area contributed by atoms with E-state index in [4.69, 9.17) is 0 Å². The summed E-state index contributed by atoms with van der Waals surface area (Å²) in [7, 11) is -3.32. The molecule has 1 heterocycles. The fourth-order valence-corrected chi connectivity index (χ4v) is 4.38. The molecule has 1 aliphatic rings. The van der Waals surface area contributed by atoms with Crippen molar-refractivity contribution < 1.29 is 8.42 Å². The van der Waals surface area contributed by atoms with Crippen molar-refractivity contribution in [2.45, 2.75) is 36.4 Å². The molecule has 1 aliphatic heterocycles. The molecule has 0 saturated carbocycles. The first kappa shape index (κ1) is 14.0. The van der Waals surface area contributed by atoms with Gasteiger partial charge in [0.15, 0.2) is 0 Å². The van der Waals surface area contributed by atoms with E-state index >= 15 is 0 Å². The van der Waals surface area contributed by atoms with E-state index < -0.39 is 10.0 Å². The molecule has 0 amide bonds. The van der Waals surface area contributed by atoms with Gasteiger partial charge in [0.05, 0.1) is 4.90 Å². The third-order valence-corrected chi connectivity index (χ3v) is 6.31. The summed E-state index contributed by atoms with van der Waals surface area (Å²) in [6.45, 7) is 5.04. The van der Waals surface area contributed by atoms with Gasteiger partial charge in [-0.05, 0) is 38.3 Å². The second-order valence-corrected chi connectivity index (χ2v) is 8.05. The summed E-state index contributed by atoms with van der Waals surface area (Å²) in [6, 6.07) is 5.50. The first-order valence-electron chi connectivity index (χ1n) is 6.13. The zero-order valence-corrected chi connectivity index (χ0v) is 13.1. The first-order chi connectivity index (χ1) is 8.41. The Morgan fingerprint density at radius 2 is 1.83 bits per heavy atom. The number of hydrogen-bond acceptors (Lipinski definition) is 2. The van der Waals surface area contributed by atoms with Gasteiger partial charge in [0.2, 0.25) is 10.0 Å². The van der Waals surface area contributed by atoms with Gasteiger partial charge in [-0.2, -0.15) is 4.31 Å². The van der Waals surface area contributed by atoms with Gasteiger partial charge in [-0.3, -0.25) is 0 Å². The van der Waals surface area contributed by atoms with Crippen molar-refractivity contribution in [2.75, 3.05) is 13.1 Å². The quantitative estimate of drug-likeness (QED) is 0.781. The van der Waals surface area contributed by atoms with E-state index in [1.165, 1.54) is 0 Å². The minimum atomic E-state index is -3.32. The fourth-order valence-electron chi connectivity index (χ4n) is 2.29. The Bertz CT molecular complexity index is 534. The van der Waals surface area contributed by atoms with Crippen LogP contribution in [-0.2, 0) is 10.0 Å². The molecule has 0 atom stereocenters. The minimum absolute atomic E-state index is 0.445. The van der Waals surface area contributed by atoms with Crippen LogP contribution in [0.5, 0.6) is 0 Å². The second kappa shape index (κ2) is 5.31. The summed E-state index contributed by atoms with van der Waals surface area (Å²) in [6.07, 6.45) is 1.76. The highest BCUT2D eigenvalue weighted by Gasteiger charge is 2.29. The van der Waals surface area contributed by atoms with E-state index in [-0.39, 0.29) is 0 Å². The number of aryl methyl sites for hydroxylation is 2. The van der Waals surface area contributed by atoms with Crippen LogP contribution in [0.3, 0.4) is 0 Å². The lowest BCUT2D eigenvalue weighted by Gasteiger charge is -2.29. The standard InChI is InChI=1S/C13H18BrNO2S/c1-10-3-4-13(11(2)9-10)18(16,17)15-7-5-12(14)6-8-15/h3-4,9,12H,5-8H2,1-2H3. The van der Waals surface area contributed by atoms with E-state index in [1.54, 1.807) is 10.4 Å². The van der Waals surface area contributed by atoms with Gasteiger partial charge in [-0.15, -0.1) is 0 Å². The average Bonchev–Trinajstić information content (AvgIpc) is 2.29. The largest absolute Gasteiger partial charge is 0.243 e. The molecule has 0 bridgehead atoms. The van der Waals surface area contributed by atoms with Crippen molar-refractivity contribution in [3.63, 3.8) is 0 Å². The lowest BCUT2D eigenvalue weighted by molar-refractivity contribution is 0.354. The highest BCUT2D eigenvalue weighted by molar-refractivity contribution is 9.09. The summed E-state index contributed by atoms with van der Waals surface area (Å²) in [5.74, 6) is 0. The van der Waals surface area contributed by atoms with Crippen LogP contribution >= 0.6 is 15.9 Å². The third-order valence-electron chi connectivity index (χ3n) is 3.33. The molecule has 0 unspecified atom stereocenters. The van der Waals surface area contributed by atoms with Crippen molar-refractivity contribution in [3.8, 4) is 0 Å². The van der Waals surface area contributed by atoms with Gasteiger partial charge >= 0.3 is 0 Å². The van der Waals surface area contributed by atoms with E-state index in [1.807, 2.05) is 26.0 Å². The molecule has 1 aromatic carbocycles. The number of hydrogen-bond donors (Lipinski definition) is 0. The van der Waals surface area contributed by atoms with Crippen LogP contribution < -0.4 is 0 Å². The number of sulfonamides is 1. The maximum absolute atomic E-state index is 12.5. The van der Waals surface area contributed by atoms with Crippen LogP contribution in [0, 0.1) is 13.8 Å². The van der Waals surface area contributed by atoms with Crippen molar-refractivity contribution in [2.24, 2.45) is 0 Å². The number of halogens is 1. The maximum Gasteiger partial charge on any atom is 0.243 e. The van der Waals surface area contributed by atoms with E-state index in [0.717, 1.165) is 24.0 Å². The molecule has 1 saturated heterocycles. The van der Waals surface area contributed by atoms with E-state index in [0.29, 0.717) is 22.8 Å². The molecule has 0 radical (unpaired) electrons. The molecular weight excluding hydrogens is 314 g/mol. The second-order valence-electron chi connectivity index (χ2n) is 4.85. The monoisotopic (exact) mass is 331 g/mol. The Balaban J connectivity index is 2.30. The Hall–Kier alpha value is -0.390.